The normalized spacial score (nSPS) is 21.0. The lowest BCUT2D eigenvalue weighted by Gasteiger charge is -2.30. The van der Waals surface area contributed by atoms with Crippen LogP contribution in [0.4, 0.5) is 0 Å². The Morgan fingerprint density at radius 1 is 1.04 bits per heavy atom. The Bertz CT molecular complexity index is 380. The Morgan fingerprint density at radius 3 is 2.35 bits per heavy atom. The fraction of sp³-hybridized carbons (Fsp3) is 0.882. The molecule has 2 rings (SSSR count). The lowest BCUT2D eigenvalue weighted by molar-refractivity contribution is -0.129. The summed E-state index contributed by atoms with van der Waals surface area (Å²) in [6.45, 7) is 2.26. The average Bonchev–Trinajstić information content (AvgIpc) is 2.61. The molecule has 3 N–H and O–H groups in total. The van der Waals surface area contributed by atoms with Gasteiger partial charge in [0.05, 0.1) is 11.5 Å². The molecule has 0 aromatic heterocycles. The molecule has 1 heterocycles. The van der Waals surface area contributed by atoms with Crippen LogP contribution in [0.1, 0.15) is 51.4 Å². The van der Waals surface area contributed by atoms with E-state index in [2.05, 4.69) is 5.32 Å². The fourth-order valence-electron chi connectivity index (χ4n) is 3.62. The fourth-order valence-corrected chi connectivity index (χ4v) is 4.35. The molecule has 0 bridgehead atoms. The van der Waals surface area contributed by atoms with Crippen molar-refractivity contribution in [2.75, 3.05) is 31.1 Å². The predicted molar refractivity (Wildman–Crippen MR) is 95.3 cm³/mol. The van der Waals surface area contributed by atoms with Gasteiger partial charge in [-0.25, -0.2) is 0 Å². The zero-order valence-electron chi connectivity index (χ0n) is 14.1. The molecule has 1 aliphatic heterocycles. The van der Waals surface area contributed by atoms with Crippen LogP contribution in [-0.4, -0.2) is 53.9 Å². The van der Waals surface area contributed by atoms with Crippen molar-refractivity contribution in [2.24, 2.45) is 11.7 Å². The van der Waals surface area contributed by atoms with E-state index in [1.54, 1.807) is 0 Å². The molecule has 0 aromatic rings. The van der Waals surface area contributed by atoms with Crippen molar-refractivity contribution < 1.29 is 9.59 Å². The molecule has 132 valence electrons. The summed E-state index contributed by atoms with van der Waals surface area (Å²) in [7, 11) is 0. The molecule has 0 aromatic carbocycles. The van der Waals surface area contributed by atoms with Gasteiger partial charge in [-0.2, -0.15) is 0 Å². The van der Waals surface area contributed by atoms with Gasteiger partial charge in [0.2, 0.25) is 11.8 Å². The van der Waals surface area contributed by atoms with Gasteiger partial charge in [-0.05, 0) is 38.0 Å². The number of likely N-dealkylation sites (tertiary alicyclic amines) is 1. The van der Waals surface area contributed by atoms with Crippen LogP contribution in [0.5, 0.6) is 0 Å². The second-order valence-corrected chi connectivity index (χ2v) is 7.73. The van der Waals surface area contributed by atoms with Gasteiger partial charge in [-0.1, -0.05) is 19.3 Å². The summed E-state index contributed by atoms with van der Waals surface area (Å²) < 4.78 is 0. The summed E-state index contributed by atoms with van der Waals surface area (Å²) in [6.07, 6.45) is 9.57. The summed E-state index contributed by atoms with van der Waals surface area (Å²) in [6, 6.07) is 0.0983. The Labute approximate surface area is 144 Å². The van der Waals surface area contributed by atoms with Gasteiger partial charge in [0.15, 0.2) is 0 Å². The van der Waals surface area contributed by atoms with Crippen LogP contribution in [0.15, 0.2) is 0 Å². The molecule has 1 atom stereocenters. The Hall–Kier alpha value is -0.750. The van der Waals surface area contributed by atoms with Gasteiger partial charge in [0.1, 0.15) is 0 Å². The third-order valence-corrected chi connectivity index (χ3v) is 5.90. The highest BCUT2D eigenvalue weighted by atomic mass is 32.2. The zero-order valence-corrected chi connectivity index (χ0v) is 14.9. The second-order valence-electron chi connectivity index (χ2n) is 6.74. The van der Waals surface area contributed by atoms with E-state index in [4.69, 9.17) is 5.73 Å². The van der Waals surface area contributed by atoms with Gasteiger partial charge in [-0.3, -0.25) is 9.59 Å². The van der Waals surface area contributed by atoms with Crippen LogP contribution in [-0.2, 0) is 9.59 Å². The molecule has 5 nitrogen and oxygen atoms in total. The SMILES string of the molecule is NCC(NC(=O)CSCC(=O)N1CCCCC1)C1CCCCC1. The summed E-state index contributed by atoms with van der Waals surface area (Å²) in [5, 5.41) is 3.08. The quantitative estimate of drug-likeness (QED) is 0.740. The van der Waals surface area contributed by atoms with Crippen LogP contribution in [0.3, 0.4) is 0 Å². The van der Waals surface area contributed by atoms with Crippen molar-refractivity contribution in [3.63, 3.8) is 0 Å². The van der Waals surface area contributed by atoms with Crippen LogP contribution < -0.4 is 11.1 Å². The van der Waals surface area contributed by atoms with Crippen molar-refractivity contribution >= 4 is 23.6 Å². The Morgan fingerprint density at radius 2 is 1.70 bits per heavy atom. The van der Waals surface area contributed by atoms with E-state index in [1.165, 1.54) is 50.3 Å². The number of rotatable bonds is 7. The van der Waals surface area contributed by atoms with Gasteiger partial charge in [-0.15, -0.1) is 11.8 Å². The number of hydrogen-bond acceptors (Lipinski definition) is 4. The van der Waals surface area contributed by atoms with E-state index in [0.29, 0.717) is 24.0 Å². The third-order valence-electron chi connectivity index (χ3n) is 4.99. The maximum absolute atomic E-state index is 12.1. The first-order valence-electron chi connectivity index (χ1n) is 9.05. The van der Waals surface area contributed by atoms with E-state index in [1.807, 2.05) is 4.90 Å². The summed E-state index contributed by atoms with van der Waals surface area (Å²) in [4.78, 5) is 26.1. The summed E-state index contributed by atoms with van der Waals surface area (Å²) in [5.74, 6) is 1.47. The number of nitrogens with one attached hydrogen (secondary N) is 1. The number of piperidine rings is 1. The van der Waals surface area contributed by atoms with Crippen LogP contribution >= 0.6 is 11.8 Å². The smallest absolute Gasteiger partial charge is 0.232 e. The second kappa shape index (κ2) is 10.2. The van der Waals surface area contributed by atoms with Gasteiger partial charge in [0, 0.05) is 25.7 Å². The average molecular weight is 342 g/mol. The van der Waals surface area contributed by atoms with Crippen molar-refractivity contribution in [3.8, 4) is 0 Å². The molecule has 2 fully saturated rings. The topological polar surface area (TPSA) is 75.4 Å². The number of carbonyl (C=O) groups excluding carboxylic acids is 2. The minimum Gasteiger partial charge on any atom is -0.351 e. The summed E-state index contributed by atoms with van der Waals surface area (Å²) >= 11 is 1.42. The number of carbonyl (C=O) groups is 2. The van der Waals surface area contributed by atoms with Crippen molar-refractivity contribution in [3.05, 3.63) is 0 Å². The maximum Gasteiger partial charge on any atom is 0.232 e. The molecular weight excluding hydrogens is 310 g/mol. The van der Waals surface area contributed by atoms with E-state index in [0.717, 1.165) is 25.9 Å². The molecule has 1 unspecified atom stereocenters. The molecule has 1 aliphatic carbocycles. The minimum atomic E-state index is 0.0162. The highest BCUT2D eigenvalue weighted by molar-refractivity contribution is 8.00. The largest absolute Gasteiger partial charge is 0.351 e. The number of nitrogens with two attached hydrogens (primary N) is 1. The Balaban J connectivity index is 1.64. The van der Waals surface area contributed by atoms with Crippen molar-refractivity contribution in [1.82, 2.24) is 10.2 Å². The lowest BCUT2D eigenvalue weighted by Crippen LogP contribution is -2.46. The van der Waals surface area contributed by atoms with Gasteiger partial charge in [0.25, 0.3) is 0 Å². The highest BCUT2D eigenvalue weighted by Gasteiger charge is 2.24. The standard InChI is InChI=1S/C17H31N3O2S/c18-11-15(14-7-3-1-4-8-14)19-16(21)12-23-13-17(22)20-9-5-2-6-10-20/h14-15H,1-13,18H2,(H,19,21). The first kappa shape index (κ1) is 18.6. The van der Waals surface area contributed by atoms with Gasteiger partial charge >= 0.3 is 0 Å². The molecular formula is C17H31N3O2S. The van der Waals surface area contributed by atoms with Crippen molar-refractivity contribution in [2.45, 2.75) is 57.4 Å². The van der Waals surface area contributed by atoms with E-state index in [-0.39, 0.29) is 17.9 Å². The van der Waals surface area contributed by atoms with Gasteiger partial charge < -0.3 is 16.0 Å². The molecule has 2 aliphatic rings. The van der Waals surface area contributed by atoms with E-state index >= 15 is 0 Å². The molecule has 2 amide bonds. The zero-order chi connectivity index (χ0) is 16.5. The molecule has 23 heavy (non-hydrogen) atoms. The number of amides is 2. The molecule has 1 saturated heterocycles. The Kier molecular flexibility index (Phi) is 8.23. The first-order chi connectivity index (χ1) is 11.2. The molecule has 6 heteroatoms. The van der Waals surface area contributed by atoms with Crippen LogP contribution in [0, 0.1) is 5.92 Å². The molecule has 1 saturated carbocycles. The summed E-state index contributed by atoms with van der Waals surface area (Å²) in [5.41, 5.74) is 5.84. The number of hydrogen-bond donors (Lipinski definition) is 2. The highest BCUT2D eigenvalue weighted by Crippen LogP contribution is 2.26. The van der Waals surface area contributed by atoms with Crippen LogP contribution in [0.25, 0.3) is 0 Å². The first-order valence-corrected chi connectivity index (χ1v) is 10.2. The monoisotopic (exact) mass is 341 g/mol. The number of nitrogens with zero attached hydrogens (tertiary/aromatic N) is 1. The lowest BCUT2D eigenvalue weighted by atomic mass is 9.84. The van der Waals surface area contributed by atoms with Crippen molar-refractivity contribution in [1.29, 1.82) is 0 Å². The maximum atomic E-state index is 12.1. The van der Waals surface area contributed by atoms with E-state index in [9.17, 15) is 9.59 Å². The molecule has 0 spiro atoms. The van der Waals surface area contributed by atoms with E-state index < -0.39 is 0 Å². The number of thioether (sulfide) groups is 1. The minimum absolute atomic E-state index is 0.0162. The predicted octanol–water partition coefficient (Wildman–Crippen LogP) is 1.76. The van der Waals surface area contributed by atoms with Crippen LogP contribution in [0.2, 0.25) is 0 Å². The molecule has 0 radical (unpaired) electrons. The third kappa shape index (κ3) is 6.34.